The van der Waals surface area contributed by atoms with Gasteiger partial charge in [-0.05, 0) is 12.8 Å². The number of nitrogens with two attached hydrogens (primary N) is 1. The molecule has 0 saturated heterocycles. The van der Waals surface area contributed by atoms with E-state index in [0.717, 1.165) is 43.4 Å². The Kier molecular flexibility index (Phi) is 32.8. The van der Waals surface area contributed by atoms with Crippen LogP contribution in [-0.2, 0) is 14.4 Å². The monoisotopic (exact) mass is 637 g/mol. The second-order valence-electron chi connectivity index (χ2n) is 13.7. The molecule has 0 aromatic rings. The van der Waals surface area contributed by atoms with Crippen LogP contribution in [0.15, 0.2) is 0 Å². The summed E-state index contributed by atoms with van der Waals surface area (Å²) in [7, 11) is 0. The Labute approximate surface area is 279 Å². The lowest BCUT2D eigenvalue weighted by molar-refractivity contribution is -0.147. The van der Waals surface area contributed by atoms with Crippen molar-refractivity contribution < 1.29 is 19.5 Å². The molecule has 0 fully saturated rings. The molecule has 0 rings (SSSR count). The van der Waals surface area contributed by atoms with Gasteiger partial charge in [0, 0.05) is 12.8 Å². The van der Waals surface area contributed by atoms with E-state index < -0.39 is 12.0 Å². The van der Waals surface area contributed by atoms with Crippen LogP contribution in [0.25, 0.3) is 0 Å². The summed E-state index contributed by atoms with van der Waals surface area (Å²) in [6, 6.07) is 0. The van der Waals surface area contributed by atoms with E-state index in [2.05, 4.69) is 13.8 Å². The number of carbonyl (C=O) groups excluding carboxylic acids is 3. The molecule has 0 saturated carbocycles. The van der Waals surface area contributed by atoms with E-state index in [0.29, 0.717) is 0 Å². The maximum Gasteiger partial charge on any atom is 0.248 e. The molecule has 6 heteroatoms. The fraction of sp³-hybridized carbons (Fsp3) is 0.923. The zero-order valence-corrected chi connectivity index (χ0v) is 30.1. The third kappa shape index (κ3) is 29.7. The molecule has 1 unspecified atom stereocenters. The Hall–Kier alpha value is -1.43. The van der Waals surface area contributed by atoms with Gasteiger partial charge in [0.1, 0.15) is 0 Å². The van der Waals surface area contributed by atoms with Gasteiger partial charge >= 0.3 is 0 Å². The van der Waals surface area contributed by atoms with E-state index in [1.54, 1.807) is 0 Å². The highest BCUT2D eigenvalue weighted by Gasteiger charge is 2.25. The number of nitrogens with zero attached hydrogens (tertiary/aromatic N) is 1. The predicted molar refractivity (Wildman–Crippen MR) is 191 cm³/mol. The highest BCUT2D eigenvalue weighted by molar-refractivity contribution is 5.96. The molecular weight excluding hydrogens is 560 g/mol. The number of amides is 3. The van der Waals surface area contributed by atoms with Crippen LogP contribution in [0.5, 0.6) is 0 Å². The van der Waals surface area contributed by atoms with Gasteiger partial charge in [0.2, 0.25) is 17.7 Å². The number of unbranched alkanes of at least 4 members (excludes halogenated alkanes) is 28. The van der Waals surface area contributed by atoms with Crippen LogP contribution < -0.4 is 5.73 Å². The molecule has 0 aliphatic heterocycles. The maximum atomic E-state index is 12.9. The van der Waals surface area contributed by atoms with Crippen LogP contribution >= 0.6 is 0 Å². The molecule has 0 aromatic heterocycles. The van der Waals surface area contributed by atoms with Crippen molar-refractivity contribution in [2.75, 3.05) is 6.54 Å². The van der Waals surface area contributed by atoms with E-state index in [1.165, 1.54) is 154 Å². The molecule has 0 heterocycles. The lowest BCUT2D eigenvalue weighted by Gasteiger charge is -2.22. The maximum absolute atomic E-state index is 12.9. The van der Waals surface area contributed by atoms with Crippen molar-refractivity contribution in [3.63, 3.8) is 0 Å². The van der Waals surface area contributed by atoms with Crippen molar-refractivity contribution in [3.05, 3.63) is 0 Å². The second kappa shape index (κ2) is 33.9. The van der Waals surface area contributed by atoms with Gasteiger partial charge in [0.15, 0.2) is 6.10 Å². The Morgan fingerprint density at radius 3 is 0.889 bits per heavy atom. The SMILES string of the molecule is CCCCCCCCCCCCCCCCCC(=O)N(CC(O)C(N)=O)C(=O)CCCCCCCCCCCCCCCCC. The topological polar surface area (TPSA) is 101 Å². The molecule has 0 aromatic carbocycles. The minimum atomic E-state index is -1.51. The fourth-order valence-electron chi connectivity index (χ4n) is 6.17. The first-order valence-corrected chi connectivity index (χ1v) is 19.7. The normalized spacial score (nSPS) is 12.0. The number of aliphatic hydroxyl groups is 1. The third-order valence-electron chi connectivity index (χ3n) is 9.27. The van der Waals surface area contributed by atoms with Gasteiger partial charge in [0.05, 0.1) is 6.54 Å². The van der Waals surface area contributed by atoms with Gasteiger partial charge in [-0.25, -0.2) is 0 Å². The molecule has 3 amide bonds. The number of carbonyl (C=O) groups is 3. The highest BCUT2D eigenvalue weighted by atomic mass is 16.3. The van der Waals surface area contributed by atoms with Crippen LogP contribution in [-0.4, -0.2) is 40.4 Å². The quantitative estimate of drug-likeness (QED) is 0.0676. The summed E-state index contributed by atoms with van der Waals surface area (Å²) < 4.78 is 0. The van der Waals surface area contributed by atoms with Gasteiger partial charge in [0.25, 0.3) is 0 Å². The molecule has 266 valence electrons. The summed E-state index contributed by atoms with van der Waals surface area (Å²) >= 11 is 0. The van der Waals surface area contributed by atoms with Crippen molar-refractivity contribution in [2.45, 2.75) is 225 Å². The van der Waals surface area contributed by atoms with Gasteiger partial charge < -0.3 is 10.8 Å². The summed E-state index contributed by atoms with van der Waals surface area (Å²) in [6.45, 7) is 4.20. The highest BCUT2D eigenvalue weighted by Crippen LogP contribution is 2.16. The van der Waals surface area contributed by atoms with Crippen molar-refractivity contribution >= 4 is 17.7 Å². The number of hydrogen-bond donors (Lipinski definition) is 2. The number of imide groups is 1. The number of hydrogen-bond acceptors (Lipinski definition) is 4. The Morgan fingerprint density at radius 2 is 0.667 bits per heavy atom. The fourth-order valence-corrected chi connectivity index (χ4v) is 6.17. The minimum Gasteiger partial charge on any atom is -0.381 e. The summed E-state index contributed by atoms with van der Waals surface area (Å²) in [5.41, 5.74) is 5.22. The standard InChI is InChI=1S/C39H76N2O4/c1-3-5-7-9-11-13-15-17-19-21-23-25-27-29-31-33-37(43)41(35-36(42)39(40)45)38(44)34-32-30-28-26-24-22-20-18-16-14-12-10-8-6-4-2/h36,42H,3-35H2,1-2H3,(H2,40,45). The van der Waals surface area contributed by atoms with Crippen LogP contribution in [0, 0.1) is 0 Å². The third-order valence-corrected chi connectivity index (χ3v) is 9.27. The molecule has 1 atom stereocenters. The van der Waals surface area contributed by atoms with Crippen molar-refractivity contribution in [2.24, 2.45) is 5.73 Å². The lowest BCUT2D eigenvalue weighted by atomic mass is 10.0. The molecule has 0 radical (unpaired) electrons. The van der Waals surface area contributed by atoms with E-state index in [-0.39, 0.29) is 31.2 Å². The molecule has 45 heavy (non-hydrogen) atoms. The van der Waals surface area contributed by atoms with Gasteiger partial charge in [-0.1, -0.05) is 194 Å². The molecule has 0 aliphatic carbocycles. The van der Waals surface area contributed by atoms with Crippen LogP contribution in [0.1, 0.15) is 219 Å². The van der Waals surface area contributed by atoms with Crippen molar-refractivity contribution in [1.29, 1.82) is 0 Å². The zero-order valence-electron chi connectivity index (χ0n) is 30.1. The van der Waals surface area contributed by atoms with Gasteiger partial charge in [-0.2, -0.15) is 0 Å². The van der Waals surface area contributed by atoms with Crippen LogP contribution in [0.2, 0.25) is 0 Å². The number of aliphatic hydroxyl groups excluding tert-OH is 1. The average Bonchev–Trinajstić information content (AvgIpc) is 3.03. The summed E-state index contributed by atoms with van der Waals surface area (Å²) in [5, 5.41) is 9.98. The van der Waals surface area contributed by atoms with E-state index in [9.17, 15) is 19.5 Å². The molecule has 0 spiro atoms. The van der Waals surface area contributed by atoms with Crippen LogP contribution in [0.4, 0.5) is 0 Å². The first-order valence-electron chi connectivity index (χ1n) is 19.7. The summed E-state index contributed by atoms with van der Waals surface area (Å²) in [5.74, 6) is -1.49. The molecule has 0 bridgehead atoms. The molecule has 3 N–H and O–H groups in total. The van der Waals surface area contributed by atoms with Crippen molar-refractivity contribution in [1.82, 2.24) is 4.90 Å². The minimum absolute atomic E-state index is 0.272. The molecular formula is C39H76N2O4. The Morgan fingerprint density at radius 1 is 0.444 bits per heavy atom. The van der Waals surface area contributed by atoms with E-state index in [4.69, 9.17) is 5.73 Å². The summed E-state index contributed by atoms with van der Waals surface area (Å²) in [6.07, 6.45) is 36.7. The lowest BCUT2D eigenvalue weighted by Crippen LogP contribution is -2.46. The number of primary amides is 1. The van der Waals surface area contributed by atoms with Crippen LogP contribution in [0.3, 0.4) is 0 Å². The van der Waals surface area contributed by atoms with Gasteiger partial charge in [-0.3, -0.25) is 19.3 Å². The number of rotatable bonds is 35. The molecule has 0 aliphatic rings. The Bertz CT molecular complexity index is 638. The second-order valence-corrected chi connectivity index (χ2v) is 13.7. The van der Waals surface area contributed by atoms with E-state index in [1.807, 2.05) is 0 Å². The van der Waals surface area contributed by atoms with Gasteiger partial charge in [-0.15, -0.1) is 0 Å². The van der Waals surface area contributed by atoms with E-state index >= 15 is 0 Å². The average molecular weight is 637 g/mol. The Balaban J connectivity index is 3.96. The molecule has 6 nitrogen and oxygen atoms in total. The van der Waals surface area contributed by atoms with Crippen molar-refractivity contribution in [3.8, 4) is 0 Å². The smallest absolute Gasteiger partial charge is 0.248 e. The first-order chi connectivity index (χ1) is 21.9. The summed E-state index contributed by atoms with van der Waals surface area (Å²) in [4.78, 5) is 38.3. The largest absolute Gasteiger partial charge is 0.381 e. The first kappa shape index (κ1) is 43.6. The zero-order chi connectivity index (χ0) is 33.2. The predicted octanol–water partition coefficient (Wildman–Crippen LogP) is 10.7.